The lowest BCUT2D eigenvalue weighted by molar-refractivity contribution is 0.0696. The molecule has 6 unspecified atom stereocenters. The number of carbonyl (C=O) groups is 2. The van der Waals surface area contributed by atoms with Crippen LogP contribution >= 0.6 is 0 Å². The van der Waals surface area contributed by atoms with E-state index in [0.29, 0.717) is 52.1 Å². The second kappa shape index (κ2) is 31.9. The Morgan fingerprint density at radius 3 is 1.39 bits per heavy atom. The van der Waals surface area contributed by atoms with Gasteiger partial charge in [0.25, 0.3) is 22.6 Å². The van der Waals surface area contributed by atoms with Crippen molar-refractivity contribution in [3.05, 3.63) is 275 Å². The van der Waals surface area contributed by atoms with E-state index in [1.807, 2.05) is 42.5 Å². The molecular formula is C70H76F3N15O6. The number of nitrogens with zero attached hydrogens (tertiary/aromatic N) is 10. The summed E-state index contributed by atoms with van der Waals surface area (Å²) in [5.74, 6) is 0.861. The molecule has 94 heavy (non-hydrogen) atoms. The molecule has 3 aliphatic rings. The standard InChI is InChI=1S/C23H24FN5O2.C23H22FN5O.C16H21N5O.C7H5FO2.CH4/c1-15-12-29(13-16-6-3-2-4-7-16)14-19(15)21-26-23(31)20(27-28-21)11-25-22(30)17-8-5-9-18(24)10-17;1-15-12-28(13-16-6-3-2-4-7-16)14-19(15)21-26-23(30)20-11-25-22(29(20)27-21)17-8-5-9-18(24)10-17;1-11-8-21(9-12-5-3-2-4-6-12)10-13(11)15-18-16(22)14(7-17)19-20-15;8-6-3-1-2-5(4-6)7(9)10;/h2-10,15,19H,11-14H2,1H3,(H,25,30)(H,26,28,31);2-11,15,19H,12-14H2,1H3,(H,26,27,30);2-6,11,13H,7-10,17H2,1H3,(H,18,20,22);1-4H,(H,9,10);1H4. The molecule has 0 bridgehead atoms. The Labute approximate surface area is 541 Å². The lowest BCUT2D eigenvalue weighted by atomic mass is 9.97. The van der Waals surface area contributed by atoms with E-state index in [9.17, 15) is 37.1 Å². The third-order valence-electron chi connectivity index (χ3n) is 16.7. The number of fused-ring (bicyclic) bond motifs is 1. The van der Waals surface area contributed by atoms with Crippen LogP contribution in [0, 0.1) is 35.2 Å². The van der Waals surface area contributed by atoms with Crippen molar-refractivity contribution in [2.45, 2.75) is 78.7 Å². The van der Waals surface area contributed by atoms with Crippen molar-refractivity contribution in [2.24, 2.45) is 23.5 Å². The van der Waals surface area contributed by atoms with Crippen LogP contribution in [0.1, 0.15) is 112 Å². The molecule has 0 radical (unpaired) electrons. The Hall–Kier alpha value is -10.1. The smallest absolute Gasteiger partial charge is 0.335 e. The number of hydrogen-bond acceptors (Lipinski definition) is 15. The minimum absolute atomic E-state index is 0. The fourth-order valence-corrected chi connectivity index (χ4v) is 11.9. The van der Waals surface area contributed by atoms with Gasteiger partial charge >= 0.3 is 5.97 Å². The highest BCUT2D eigenvalue weighted by atomic mass is 19.1. The fraction of sp³-hybridized carbons (Fsp3) is 0.300. The van der Waals surface area contributed by atoms with Crippen LogP contribution in [0.4, 0.5) is 13.2 Å². The topological polar surface area (TPSA) is 282 Å². The van der Waals surface area contributed by atoms with Crippen molar-refractivity contribution in [3.63, 3.8) is 0 Å². The Bertz CT molecular complexity index is 4350. The predicted octanol–water partition coefficient (Wildman–Crippen LogP) is 8.95. The summed E-state index contributed by atoms with van der Waals surface area (Å²) in [5.41, 5.74) is 9.94. The van der Waals surface area contributed by atoms with E-state index < -0.39 is 23.5 Å². The number of aromatic amines is 3. The quantitative estimate of drug-likeness (QED) is 0.0558. The Kier molecular flexibility index (Phi) is 23.2. The maximum Gasteiger partial charge on any atom is 0.335 e. The van der Waals surface area contributed by atoms with Crippen LogP contribution < -0.4 is 27.7 Å². The van der Waals surface area contributed by atoms with Gasteiger partial charge in [-0.2, -0.15) is 5.10 Å². The van der Waals surface area contributed by atoms with E-state index >= 15 is 0 Å². The van der Waals surface area contributed by atoms with Gasteiger partial charge in [-0.05, 0) is 83.0 Å². The van der Waals surface area contributed by atoms with E-state index in [0.717, 1.165) is 71.0 Å². The van der Waals surface area contributed by atoms with Gasteiger partial charge in [0.1, 0.15) is 46.3 Å². The normalized spacial score (nSPS) is 18.6. The first-order valence-corrected chi connectivity index (χ1v) is 30.6. The minimum atomic E-state index is -1.11. The number of halogens is 3. The summed E-state index contributed by atoms with van der Waals surface area (Å²) in [6.45, 7) is 14.5. The van der Waals surface area contributed by atoms with Gasteiger partial charge in [-0.15, -0.1) is 20.4 Å². The number of nitrogens with one attached hydrogen (secondary N) is 4. The zero-order chi connectivity index (χ0) is 65.5. The third-order valence-corrected chi connectivity index (χ3v) is 16.7. The van der Waals surface area contributed by atoms with Gasteiger partial charge in [0, 0.05) is 94.3 Å². The van der Waals surface area contributed by atoms with Crippen molar-refractivity contribution in [3.8, 4) is 11.4 Å². The second-order valence-electron chi connectivity index (χ2n) is 23.7. The summed E-state index contributed by atoms with van der Waals surface area (Å²) in [5, 5.41) is 32.0. The molecule has 0 saturated carbocycles. The number of carbonyl (C=O) groups excluding carboxylic acids is 1. The van der Waals surface area contributed by atoms with Crippen LogP contribution in [0.15, 0.2) is 184 Å². The van der Waals surface area contributed by atoms with Crippen LogP contribution in [-0.2, 0) is 32.7 Å². The van der Waals surface area contributed by atoms with Crippen LogP contribution in [0.25, 0.3) is 16.9 Å². The van der Waals surface area contributed by atoms with Gasteiger partial charge < -0.3 is 31.1 Å². The maximum absolute atomic E-state index is 13.7. The summed E-state index contributed by atoms with van der Waals surface area (Å²) in [7, 11) is 0. The molecule has 0 spiro atoms. The van der Waals surface area contributed by atoms with Crippen molar-refractivity contribution in [1.29, 1.82) is 0 Å². The van der Waals surface area contributed by atoms with Gasteiger partial charge in [-0.3, -0.25) is 33.9 Å². The maximum atomic E-state index is 13.7. The molecule has 24 heteroatoms. The van der Waals surface area contributed by atoms with E-state index in [2.05, 4.69) is 130 Å². The van der Waals surface area contributed by atoms with E-state index in [1.165, 1.54) is 75.9 Å². The highest BCUT2D eigenvalue weighted by molar-refractivity contribution is 5.94. The van der Waals surface area contributed by atoms with Gasteiger partial charge in [-0.1, -0.05) is 143 Å². The molecular weight excluding hydrogens is 1200 g/mol. The molecule has 4 aromatic heterocycles. The predicted molar refractivity (Wildman–Crippen MR) is 351 cm³/mol. The number of carboxylic acid groups (broad SMARTS) is 1. The molecule has 10 aromatic rings. The highest BCUT2D eigenvalue weighted by Crippen LogP contribution is 2.34. The van der Waals surface area contributed by atoms with Crippen molar-refractivity contribution in [1.82, 2.24) is 70.0 Å². The molecule has 0 aliphatic carbocycles. The Morgan fingerprint density at radius 2 is 0.957 bits per heavy atom. The summed E-state index contributed by atoms with van der Waals surface area (Å²) in [4.78, 5) is 79.5. The molecule has 3 fully saturated rings. The summed E-state index contributed by atoms with van der Waals surface area (Å²) >= 11 is 0. The number of imidazole rings is 1. The van der Waals surface area contributed by atoms with Crippen LogP contribution in [0.3, 0.4) is 0 Å². The van der Waals surface area contributed by atoms with Crippen molar-refractivity contribution >= 4 is 17.4 Å². The summed E-state index contributed by atoms with van der Waals surface area (Å²) in [6.07, 6.45) is 1.48. The van der Waals surface area contributed by atoms with Crippen LogP contribution in [-0.4, -0.2) is 121 Å². The molecule has 3 aliphatic heterocycles. The number of H-pyrrole nitrogens is 3. The number of aromatic carboxylic acids is 1. The first-order valence-electron chi connectivity index (χ1n) is 30.6. The van der Waals surface area contributed by atoms with Gasteiger partial charge in [-0.25, -0.2) is 27.5 Å². The fourth-order valence-electron chi connectivity index (χ4n) is 11.9. The number of aromatic nitrogens is 10. The zero-order valence-electron chi connectivity index (χ0n) is 51.6. The first kappa shape index (κ1) is 68.2. The molecule has 13 rings (SSSR count). The van der Waals surface area contributed by atoms with Crippen molar-refractivity contribution in [2.75, 3.05) is 39.3 Å². The second-order valence-corrected chi connectivity index (χ2v) is 23.7. The molecule has 7 N–H and O–H groups in total. The lowest BCUT2D eigenvalue weighted by Gasteiger charge is -2.16. The van der Waals surface area contributed by atoms with Crippen molar-refractivity contribution < 1.29 is 27.9 Å². The van der Waals surface area contributed by atoms with Gasteiger partial charge in [0.05, 0.1) is 18.3 Å². The Balaban J connectivity index is 0.000000155. The van der Waals surface area contributed by atoms with E-state index in [1.54, 1.807) is 12.1 Å². The lowest BCUT2D eigenvalue weighted by Crippen LogP contribution is -2.30. The number of carboxylic acids is 1. The largest absolute Gasteiger partial charge is 0.478 e. The third kappa shape index (κ3) is 17.7. The number of rotatable bonds is 15. The molecule has 1 amide bonds. The zero-order valence-corrected chi connectivity index (χ0v) is 51.6. The number of nitrogens with two attached hydrogens (primary N) is 1. The van der Waals surface area contributed by atoms with E-state index in [4.69, 9.17) is 15.9 Å². The monoisotopic (exact) mass is 1280 g/mol. The highest BCUT2D eigenvalue weighted by Gasteiger charge is 2.36. The molecule has 488 valence electrons. The number of benzene rings is 6. The molecule has 7 heterocycles. The Morgan fingerprint density at radius 1 is 0.532 bits per heavy atom. The number of amides is 1. The molecule has 3 saturated heterocycles. The SMILES string of the molecule is C.CC1CN(Cc2ccccc2)CC1c1nn2c(-c3cccc(F)c3)ncc2c(=O)[nH]1.CC1CN(Cc2ccccc2)CC1c1nnc(CN)c(=O)[nH]1.CC1CN(Cc2ccccc2)CC1c1nnc(CNC(=O)c2cccc(F)c2)c(=O)[nH]1.O=C(O)c1cccc(F)c1. The molecule has 21 nitrogen and oxygen atoms in total. The van der Waals surface area contributed by atoms with Gasteiger partial charge in [0.15, 0.2) is 11.3 Å². The molecule has 6 atom stereocenters. The summed E-state index contributed by atoms with van der Waals surface area (Å²) < 4.78 is 40.8. The number of likely N-dealkylation sites (tertiary alicyclic amines) is 3. The molecule has 6 aromatic carbocycles. The summed E-state index contributed by atoms with van der Waals surface area (Å²) in [6, 6.07) is 47.4. The first-order chi connectivity index (χ1) is 44.9. The number of hydrogen-bond donors (Lipinski definition) is 6. The minimum Gasteiger partial charge on any atom is -0.478 e. The van der Waals surface area contributed by atoms with E-state index in [-0.39, 0.29) is 83.3 Å². The average molecular weight is 1280 g/mol. The van der Waals surface area contributed by atoms with Crippen LogP contribution in [0.2, 0.25) is 0 Å². The van der Waals surface area contributed by atoms with Gasteiger partial charge in [0.2, 0.25) is 0 Å². The average Bonchev–Trinajstić information content (AvgIpc) is 1.64. The van der Waals surface area contributed by atoms with Crippen LogP contribution in [0.5, 0.6) is 0 Å².